The summed E-state index contributed by atoms with van der Waals surface area (Å²) in [5.74, 6) is 0.0636. The van der Waals surface area contributed by atoms with E-state index in [1.165, 1.54) is 12.8 Å². The van der Waals surface area contributed by atoms with Crippen LogP contribution in [0.25, 0.3) is 0 Å². The van der Waals surface area contributed by atoms with Gasteiger partial charge in [-0.05, 0) is 31.5 Å². The molecule has 0 radical (unpaired) electrons. The number of likely N-dealkylation sites (N-methyl/N-ethyl adjacent to an activating group) is 1. The standard InChI is InChI=1S/C11H17N3O/c1-14(8-9-4-2-6-12-9)11(15)10-5-3-7-13-10/h3,5,7,9,12-13H,2,4,6,8H2,1H3. The number of nitrogens with zero attached hydrogens (tertiary/aromatic N) is 1. The van der Waals surface area contributed by atoms with Crippen molar-refractivity contribution >= 4 is 5.91 Å². The molecule has 0 aromatic carbocycles. The number of H-pyrrole nitrogens is 1. The van der Waals surface area contributed by atoms with Crippen LogP contribution in [-0.4, -0.2) is 42.0 Å². The predicted molar refractivity (Wildman–Crippen MR) is 58.8 cm³/mol. The molecule has 0 bridgehead atoms. The predicted octanol–water partition coefficient (Wildman–Crippen LogP) is 0.839. The lowest BCUT2D eigenvalue weighted by Gasteiger charge is -2.20. The van der Waals surface area contributed by atoms with E-state index in [4.69, 9.17) is 0 Å². The molecular formula is C11H17N3O. The zero-order valence-electron chi connectivity index (χ0n) is 8.99. The Morgan fingerprint density at radius 3 is 3.13 bits per heavy atom. The number of hydrogen-bond acceptors (Lipinski definition) is 2. The van der Waals surface area contributed by atoms with Gasteiger partial charge in [0.05, 0.1) is 0 Å². The van der Waals surface area contributed by atoms with Crippen molar-refractivity contribution in [3.63, 3.8) is 0 Å². The number of hydrogen-bond donors (Lipinski definition) is 2. The summed E-state index contributed by atoms with van der Waals surface area (Å²) in [6, 6.07) is 4.12. The summed E-state index contributed by atoms with van der Waals surface area (Å²) in [5, 5.41) is 3.38. The summed E-state index contributed by atoms with van der Waals surface area (Å²) < 4.78 is 0. The van der Waals surface area contributed by atoms with Crippen molar-refractivity contribution in [1.82, 2.24) is 15.2 Å². The maximum Gasteiger partial charge on any atom is 0.270 e. The molecule has 1 unspecified atom stereocenters. The zero-order chi connectivity index (χ0) is 10.7. The average Bonchev–Trinajstić information content (AvgIpc) is 2.88. The number of aromatic amines is 1. The topological polar surface area (TPSA) is 48.1 Å². The van der Waals surface area contributed by atoms with E-state index >= 15 is 0 Å². The summed E-state index contributed by atoms with van der Waals surface area (Å²) in [6.07, 6.45) is 4.16. The molecule has 1 saturated heterocycles. The smallest absolute Gasteiger partial charge is 0.270 e. The van der Waals surface area contributed by atoms with E-state index in [0.717, 1.165) is 13.1 Å². The minimum Gasteiger partial charge on any atom is -0.357 e. The van der Waals surface area contributed by atoms with Gasteiger partial charge in [0.15, 0.2) is 0 Å². The second-order valence-corrected chi connectivity index (χ2v) is 4.06. The van der Waals surface area contributed by atoms with Crippen molar-refractivity contribution in [1.29, 1.82) is 0 Å². The van der Waals surface area contributed by atoms with Crippen molar-refractivity contribution in [2.24, 2.45) is 0 Å². The molecule has 0 saturated carbocycles. The molecule has 1 atom stereocenters. The summed E-state index contributed by atoms with van der Waals surface area (Å²) in [6.45, 7) is 1.87. The Morgan fingerprint density at radius 1 is 1.67 bits per heavy atom. The van der Waals surface area contributed by atoms with E-state index in [0.29, 0.717) is 11.7 Å². The first-order chi connectivity index (χ1) is 7.27. The second-order valence-electron chi connectivity index (χ2n) is 4.06. The number of carbonyl (C=O) groups is 1. The third-order valence-corrected chi connectivity index (χ3v) is 2.83. The fourth-order valence-electron chi connectivity index (χ4n) is 2.00. The second kappa shape index (κ2) is 4.49. The highest BCUT2D eigenvalue weighted by atomic mass is 16.2. The number of nitrogens with one attached hydrogen (secondary N) is 2. The Bertz CT molecular complexity index is 315. The van der Waals surface area contributed by atoms with Crippen LogP contribution < -0.4 is 5.32 Å². The minimum atomic E-state index is 0.0636. The van der Waals surface area contributed by atoms with Crippen molar-refractivity contribution in [2.75, 3.05) is 20.1 Å². The van der Waals surface area contributed by atoms with E-state index in [-0.39, 0.29) is 5.91 Å². The Labute approximate surface area is 89.7 Å². The average molecular weight is 207 g/mol. The first kappa shape index (κ1) is 10.2. The molecule has 2 heterocycles. The van der Waals surface area contributed by atoms with E-state index in [1.807, 2.05) is 13.1 Å². The highest BCUT2D eigenvalue weighted by molar-refractivity contribution is 5.92. The Balaban J connectivity index is 1.90. The van der Waals surface area contributed by atoms with Crippen LogP contribution in [0.5, 0.6) is 0 Å². The monoisotopic (exact) mass is 207 g/mol. The fourth-order valence-corrected chi connectivity index (χ4v) is 2.00. The van der Waals surface area contributed by atoms with Crippen LogP contribution in [0.2, 0.25) is 0 Å². The molecule has 15 heavy (non-hydrogen) atoms. The Kier molecular flexibility index (Phi) is 3.06. The van der Waals surface area contributed by atoms with Gasteiger partial charge in [-0.1, -0.05) is 0 Å². The highest BCUT2D eigenvalue weighted by Crippen LogP contribution is 2.08. The maximum atomic E-state index is 11.9. The SMILES string of the molecule is CN(CC1CCCN1)C(=O)c1ccc[nH]1. The lowest BCUT2D eigenvalue weighted by atomic mass is 10.2. The van der Waals surface area contributed by atoms with Crippen LogP contribution in [0.3, 0.4) is 0 Å². The highest BCUT2D eigenvalue weighted by Gasteiger charge is 2.19. The van der Waals surface area contributed by atoms with E-state index in [2.05, 4.69) is 10.3 Å². The van der Waals surface area contributed by atoms with Crippen LogP contribution in [0.4, 0.5) is 0 Å². The van der Waals surface area contributed by atoms with Crippen LogP contribution in [0, 0.1) is 0 Å². The molecule has 1 amide bonds. The summed E-state index contributed by atoms with van der Waals surface area (Å²) in [4.78, 5) is 16.6. The van der Waals surface area contributed by atoms with Gasteiger partial charge >= 0.3 is 0 Å². The third-order valence-electron chi connectivity index (χ3n) is 2.83. The van der Waals surface area contributed by atoms with Gasteiger partial charge in [-0.15, -0.1) is 0 Å². The first-order valence-corrected chi connectivity index (χ1v) is 5.39. The lowest BCUT2D eigenvalue weighted by molar-refractivity contribution is 0.0779. The lowest BCUT2D eigenvalue weighted by Crippen LogP contribution is -2.38. The number of rotatable bonds is 3. The van der Waals surface area contributed by atoms with Gasteiger partial charge in [-0.3, -0.25) is 4.79 Å². The molecule has 1 aliphatic rings. The van der Waals surface area contributed by atoms with Gasteiger partial charge in [0.25, 0.3) is 5.91 Å². The largest absolute Gasteiger partial charge is 0.357 e. The Hall–Kier alpha value is -1.29. The third kappa shape index (κ3) is 2.39. The number of amides is 1. The molecule has 82 valence electrons. The van der Waals surface area contributed by atoms with Crippen molar-refractivity contribution in [3.8, 4) is 0 Å². The molecular weight excluding hydrogens is 190 g/mol. The van der Waals surface area contributed by atoms with Crippen molar-refractivity contribution < 1.29 is 4.79 Å². The fraction of sp³-hybridized carbons (Fsp3) is 0.545. The van der Waals surface area contributed by atoms with E-state index < -0.39 is 0 Å². The number of aromatic nitrogens is 1. The molecule has 0 aliphatic carbocycles. The molecule has 1 aromatic rings. The minimum absolute atomic E-state index is 0.0636. The molecule has 2 N–H and O–H groups in total. The van der Waals surface area contributed by atoms with E-state index in [9.17, 15) is 4.79 Å². The van der Waals surface area contributed by atoms with Crippen LogP contribution in [0.1, 0.15) is 23.3 Å². The van der Waals surface area contributed by atoms with Gasteiger partial charge in [0, 0.05) is 25.8 Å². The van der Waals surface area contributed by atoms with E-state index in [1.54, 1.807) is 17.2 Å². The molecule has 1 aromatic heterocycles. The van der Waals surface area contributed by atoms with Crippen LogP contribution in [0.15, 0.2) is 18.3 Å². The molecule has 1 fully saturated rings. The van der Waals surface area contributed by atoms with Gasteiger partial charge in [-0.25, -0.2) is 0 Å². The number of carbonyl (C=O) groups excluding carboxylic acids is 1. The quantitative estimate of drug-likeness (QED) is 0.771. The molecule has 0 spiro atoms. The maximum absolute atomic E-state index is 11.9. The van der Waals surface area contributed by atoms with Crippen molar-refractivity contribution in [2.45, 2.75) is 18.9 Å². The molecule has 1 aliphatic heterocycles. The molecule has 4 nitrogen and oxygen atoms in total. The van der Waals surface area contributed by atoms with Gasteiger partial charge in [-0.2, -0.15) is 0 Å². The van der Waals surface area contributed by atoms with Crippen LogP contribution >= 0.6 is 0 Å². The first-order valence-electron chi connectivity index (χ1n) is 5.39. The van der Waals surface area contributed by atoms with Gasteiger partial charge in [0.1, 0.15) is 5.69 Å². The van der Waals surface area contributed by atoms with Crippen LogP contribution in [-0.2, 0) is 0 Å². The molecule has 4 heteroatoms. The molecule has 2 rings (SSSR count). The normalized spacial score (nSPS) is 20.5. The summed E-state index contributed by atoms with van der Waals surface area (Å²) in [5.41, 5.74) is 0.662. The van der Waals surface area contributed by atoms with Gasteiger partial charge in [0.2, 0.25) is 0 Å². The Morgan fingerprint density at radius 2 is 2.53 bits per heavy atom. The van der Waals surface area contributed by atoms with Gasteiger partial charge < -0.3 is 15.2 Å². The van der Waals surface area contributed by atoms with Crippen molar-refractivity contribution in [3.05, 3.63) is 24.0 Å². The summed E-state index contributed by atoms with van der Waals surface area (Å²) >= 11 is 0. The zero-order valence-corrected chi connectivity index (χ0v) is 8.99. The summed E-state index contributed by atoms with van der Waals surface area (Å²) in [7, 11) is 1.85.